The molecule has 1 unspecified atom stereocenters. The molecule has 94 valence electrons. The molecular weight excluding hydrogens is 238 g/mol. The molecule has 3 nitrogen and oxygen atoms in total. The Kier molecular flexibility index (Phi) is 4.66. The zero-order valence-electron chi connectivity index (χ0n) is 9.82. The van der Waals surface area contributed by atoms with Crippen LogP contribution in [0.25, 0.3) is 0 Å². The number of ether oxygens (including phenoxy) is 2. The number of halogens is 1. The fourth-order valence-electron chi connectivity index (χ4n) is 1.89. The first-order chi connectivity index (χ1) is 8.29. The predicted octanol–water partition coefficient (Wildman–Crippen LogP) is 2.40. The summed E-state index contributed by atoms with van der Waals surface area (Å²) in [4.78, 5) is 0. The van der Waals surface area contributed by atoms with Crippen LogP contribution in [0, 0.1) is 0 Å². The molecule has 0 bridgehead atoms. The Morgan fingerprint density at radius 1 is 1.47 bits per heavy atom. The quantitative estimate of drug-likeness (QED) is 0.879. The van der Waals surface area contributed by atoms with Gasteiger partial charge in [0, 0.05) is 6.42 Å². The lowest BCUT2D eigenvalue weighted by Crippen LogP contribution is -2.15. The Balaban J connectivity index is 1.98. The number of hydrogen-bond donors (Lipinski definition) is 1. The SMILES string of the molecule is NCCCc1ccc(OC2CCOC2)c(Cl)c1. The van der Waals surface area contributed by atoms with E-state index in [1.807, 2.05) is 18.2 Å². The van der Waals surface area contributed by atoms with Crippen LogP contribution in [-0.2, 0) is 11.2 Å². The highest BCUT2D eigenvalue weighted by atomic mass is 35.5. The third-order valence-electron chi connectivity index (χ3n) is 2.85. The van der Waals surface area contributed by atoms with Gasteiger partial charge in [-0.25, -0.2) is 0 Å². The lowest BCUT2D eigenvalue weighted by atomic mass is 10.1. The molecule has 1 saturated heterocycles. The van der Waals surface area contributed by atoms with Gasteiger partial charge in [-0.3, -0.25) is 0 Å². The van der Waals surface area contributed by atoms with Crippen molar-refractivity contribution in [3.63, 3.8) is 0 Å². The molecule has 0 aromatic heterocycles. The van der Waals surface area contributed by atoms with E-state index in [1.54, 1.807) is 0 Å². The van der Waals surface area contributed by atoms with Crippen molar-refractivity contribution in [1.82, 2.24) is 0 Å². The van der Waals surface area contributed by atoms with Crippen LogP contribution in [0.3, 0.4) is 0 Å². The summed E-state index contributed by atoms with van der Waals surface area (Å²) in [6.07, 6.45) is 3.02. The summed E-state index contributed by atoms with van der Waals surface area (Å²) in [5.74, 6) is 0.749. The standard InChI is InChI=1S/C13H18ClNO2/c14-12-8-10(2-1-6-15)3-4-13(12)17-11-5-7-16-9-11/h3-4,8,11H,1-2,5-7,9,15H2. The van der Waals surface area contributed by atoms with Gasteiger partial charge in [0.2, 0.25) is 0 Å². The Hall–Kier alpha value is -0.770. The number of benzene rings is 1. The highest BCUT2D eigenvalue weighted by Crippen LogP contribution is 2.28. The molecule has 4 heteroatoms. The van der Waals surface area contributed by atoms with Crippen LogP contribution in [0.1, 0.15) is 18.4 Å². The van der Waals surface area contributed by atoms with Crippen molar-refractivity contribution >= 4 is 11.6 Å². The van der Waals surface area contributed by atoms with E-state index in [4.69, 9.17) is 26.8 Å². The maximum Gasteiger partial charge on any atom is 0.138 e. The zero-order valence-corrected chi connectivity index (χ0v) is 10.6. The number of nitrogens with two attached hydrogens (primary N) is 1. The van der Waals surface area contributed by atoms with Crippen molar-refractivity contribution in [1.29, 1.82) is 0 Å². The van der Waals surface area contributed by atoms with Crippen molar-refractivity contribution < 1.29 is 9.47 Å². The smallest absolute Gasteiger partial charge is 0.138 e. The molecule has 0 amide bonds. The van der Waals surface area contributed by atoms with Crippen molar-refractivity contribution in [3.05, 3.63) is 28.8 Å². The molecule has 1 aliphatic rings. The molecule has 1 atom stereocenters. The maximum absolute atomic E-state index is 6.19. The molecule has 1 aliphatic heterocycles. The van der Waals surface area contributed by atoms with E-state index in [-0.39, 0.29) is 6.10 Å². The molecule has 1 fully saturated rings. The predicted molar refractivity (Wildman–Crippen MR) is 68.7 cm³/mol. The van der Waals surface area contributed by atoms with E-state index in [9.17, 15) is 0 Å². The van der Waals surface area contributed by atoms with Gasteiger partial charge >= 0.3 is 0 Å². The third kappa shape index (κ3) is 3.60. The zero-order chi connectivity index (χ0) is 12.1. The van der Waals surface area contributed by atoms with E-state index < -0.39 is 0 Å². The van der Waals surface area contributed by atoms with Crippen LogP contribution < -0.4 is 10.5 Å². The van der Waals surface area contributed by atoms with E-state index in [0.717, 1.165) is 31.6 Å². The average Bonchev–Trinajstić information content (AvgIpc) is 2.82. The van der Waals surface area contributed by atoms with Crippen LogP contribution in [0.2, 0.25) is 5.02 Å². The number of rotatable bonds is 5. The molecule has 0 aliphatic carbocycles. The Morgan fingerprint density at radius 3 is 3.00 bits per heavy atom. The summed E-state index contributed by atoms with van der Waals surface area (Å²) in [5, 5.41) is 0.673. The van der Waals surface area contributed by atoms with Crippen molar-refractivity contribution in [2.45, 2.75) is 25.4 Å². The molecular formula is C13H18ClNO2. The molecule has 2 rings (SSSR count). The molecule has 1 heterocycles. The third-order valence-corrected chi connectivity index (χ3v) is 3.14. The topological polar surface area (TPSA) is 44.5 Å². The van der Waals surface area contributed by atoms with Crippen molar-refractivity contribution in [3.8, 4) is 5.75 Å². The van der Waals surface area contributed by atoms with Gasteiger partial charge in [0.05, 0.1) is 18.2 Å². The van der Waals surface area contributed by atoms with Gasteiger partial charge in [0.1, 0.15) is 11.9 Å². The lowest BCUT2D eigenvalue weighted by Gasteiger charge is -2.13. The summed E-state index contributed by atoms with van der Waals surface area (Å²) in [6.45, 7) is 2.14. The fraction of sp³-hybridized carbons (Fsp3) is 0.538. The van der Waals surface area contributed by atoms with E-state index in [2.05, 4.69) is 0 Å². The van der Waals surface area contributed by atoms with Crippen LogP contribution in [0.15, 0.2) is 18.2 Å². The van der Waals surface area contributed by atoms with E-state index >= 15 is 0 Å². The molecule has 17 heavy (non-hydrogen) atoms. The fourth-order valence-corrected chi connectivity index (χ4v) is 2.13. The van der Waals surface area contributed by atoms with Crippen LogP contribution in [0.5, 0.6) is 5.75 Å². The van der Waals surface area contributed by atoms with Gasteiger partial charge in [-0.1, -0.05) is 17.7 Å². The molecule has 1 aromatic rings. The monoisotopic (exact) mass is 255 g/mol. The van der Waals surface area contributed by atoms with Crippen molar-refractivity contribution in [2.75, 3.05) is 19.8 Å². The summed E-state index contributed by atoms with van der Waals surface area (Å²) in [7, 11) is 0. The van der Waals surface area contributed by atoms with Gasteiger partial charge in [-0.2, -0.15) is 0 Å². The Labute approximate surface area is 107 Å². The van der Waals surface area contributed by atoms with Crippen LogP contribution in [-0.4, -0.2) is 25.9 Å². The highest BCUT2D eigenvalue weighted by Gasteiger charge is 2.18. The van der Waals surface area contributed by atoms with Crippen molar-refractivity contribution in [2.24, 2.45) is 5.73 Å². The molecule has 0 radical (unpaired) electrons. The first kappa shape index (κ1) is 12.7. The van der Waals surface area contributed by atoms with Gasteiger partial charge in [0.25, 0.3) is 0 Å². The average molecular weight is 256 g/mol. The highest BCUT2D eigenvalue weighted by molar-refractivity contribution is 6.32. The molecule has 1 aromatic carbocycles. The lowest BCUT2D eigenvalue weighted by molar-refractivity contribution is 0.141. The minimum atomic E-state index is 0.141. The molecule has 0 saturated carbocycles. The minimum absolute atomic E-state index is 0.141. The summed E-state index contributed by atoms with van der Waals surface area (Å²) >= 11 is 6.19. The largest absolute Gasteiger partial charge is 0.486 e. The second-order valence-corrected chi connectivity index (χ2v) is 4.67. The van der Waals surface area contributed by atoms with Gasteiger partial charge < -0.3 is 15.2 Å². The second-order valence-electron chi connectivity index (χ2n) is 4.26. The molecule has 2 N–H and O–H groups in total. The normalized spacial score (nSPS) is 19.5. The van der Waals surface area contributed by atoms with Crippen LogP contribution >= 0.6 is 11.6 Å². The summed E-state index contributed by atoms with van der Waals surface area (Å²) in [5.41, 5.74) is 6.69. The number of aryl methyl sites for hydroxylation is 1. The van der Waals surface area contributed by atoms with Gasteiger partial charge in [-0.15, -0.1) is 0 Å². The summed E-state index contributed by atoms with van der Waals surface area (Å²) < 4.78 is 11.0. The molecule has 0 spiro atoms. The second kappa shape index (κ2) is 6.24. The van der Waals surface area contributed by atoms with Gasteiger partial charge in [0.15, 0.2) is 0 Å². The Morgan fingerprint density at radius 2 is 2.35 bits per heavy atom. The van der Waals surface area contributed by atoms with Crippen LogP contribution in [0.4, 0.5) is 0 Å². The first-order valence-corrected chi connectivity index (χ1v) is 6.40. The maximum atomic E-state index is 6.19. The number of hydrogen-bond acceptors (Lipinski definition) is 3. The van der Waals surface area contributed by atoms with E-state index in [0.29, 0.717) is 18.2 Å². The summed E-state index contributed by atoms with van der Waals surface area (Å²) in [6, 6.07) is 5.95. The first-order valence-electron chi connectivity index (χ1n) is 6.02. The van der Waals surface area contributed by atoms with Gasteiger partial charge in [-0.05, 0) is 37.1 Å². The minimum Gasteiger partial charge on any atom is -0.486 e. The van der Waals surface area contributed by atoms with E-state index in [1.165, 1.54) is 5.56 Å². The Bertz CT molecular complexity index is 364.